The fraction of sp³-hybridized carbons (Fsp3) is 1.00. The zero-order valence-corrected chi connectivity index (χ0v) is 7.19. The summed E-state index contributed by atoms with van der Waals surface area (Å²) >= 11 is 0. The Morgan fingerprint density at radius 3 is 2.10 bits per heavy atom. The van der Waals surface area contributed by atoms with E-state index in [1.807, 2.05) is 7.05 Å². The molecule has 0 aromatic heterocycles. The van der Waals surface area contributed by atoms with Crippen molar-refractivity contribution in [2.45, 2.75) is 32.6 Å². The molecule has 0 aliphatic heterocycles. The first-order chi connectivity index (χ1) is 4.91. The molecule has 0 radical (unpaired) electrons. The van der Waals surface area contributed by atoms with Gasteiger partial charge in [-0.05, 0) is 20.0 Å². The summed E-state index contributed by atoms with van der Waals surface area (Å²) in [5.41, 5.74) is 0. The van der Waals surface area contributed by atoms with Crippen LogP contribution in [0.4, 0.5) is 0 Å². The van der Waals surface area contributed by atoms with Crippen molar-refractivity contribution in [3.63, 3.8) is 0 Å². The molecule has 5 N–H and O–H groups in total. The van der Waals surface area contributed by atoms with Gasteiger partial charge < -0.3 is 5.32 Å². The second kappa shape index (κ2) is 15.9. The zero-order valence-electron chi connectivity index (χ0n) is 7.19. The van der Waals surface area contributed by atoms with Crippen molar-refractivity contribution in [2.75, 3.05) is 13.6 Å². The average Bonchev–Trinajstić information content (AvgIpc) is 2.02. The maximum absolute atomic E-state index is 4.00. The summed E-state index contributed by atoms with van der Waals surface area (Å²) in [5, 5.41) is 3.13. The molecule has 0 aliphatic rings. The summed E-state index contributed by atoms with van der Waals surface area (Å²) in [6, 6.07) is 0. The van der Waals surface area contributed by atoms with E-state index in [0.29, 0.717) is 0 Å². The van der Waals surface area contributed by atoms with Crippen molar-refractivity contribution in [3.05, 3.63) is 0 Å². The summed E-state index contributed by atoms with van der Waals surface area (Å²) in [6.07, 6.45) is 5.45. The molecule has 0 heterocycles. The van der Waals surface area contributed by atoms with Gasteiger partial charge in [-0.3, -0.25) is 11.7 Å². The van der Waals surface area contributed by atoms with Gasteiger partial charge >= 0.3 is 0 Å². The van der Waals surface area contributed by atoms with Crippen LogP contribution < -0.4 is 17.0 Å². The van der Waals surface area contributed by atoms with Crippen molar-refractivity contribution in [3.8, 4) is 0 Å². The van der Waals surface area contributed by atoms with Crippen LogP contribution >= 0.6 is 0 Å². The lowest BCUT2D eigenvalue weighted by atomic mass is 10.2. The molecule has 3 heteroatoms. The smallest absolute Gasteiger partial charge is 0.00519 e. The average molecular weight is 147 g/mol. The van der Waals surface area contributed by atoms with Crippen LogP contribution in [0.25, 0.3) is 0 Å². The molecule has 0 saturated heterocycles. The highest BCUT2D eigenvalue weighted by molar-refractivity contribution is 4.41. The Morgan fingerprint density at radius 2 is 1.70 bits per heavy atom. The molecule has 0 unspecified atom stereocenters. The molecule has 0 aromatic rings. The minimum atomic E-state index is 1.18. The van der Waals surface area contributed by atoms with E-state index in [-0.39, 0.29) is 0 Å². The van der Waals surface area contributed by atoms with E-state index in [9.17, 15) is 0 Å². The molecule has 0 amide bonds. The number of rotatable bonds is 5. The van der Waals surface area contributed by atoms with Gasteiger partial charge in [-0.2, -0.15) is 0 Å². The standard InChI is InChI=1S/C7H17N.H4N2/c1-3-4-5-6-7-8-2;1-2/h8H,3-7H2,1-2H3;1-2H2. The number of nitrogens with two attached hydrogens (primary N) is 2. The molecule has 0 rings (SSSR count). The van der Waals surface area contributed by atoms with Gasteiger partial charge in [0.2, 0.25) is 0 Å². The normalized spacial score (nSPS) is 8.40. The molecule has 0 bridgehead atoms. The number of hydrogen-bond donors (Lipinski definition) is 3. The van der Waals surface area contributed by atoms with Crippen LogP contribution in [0.3, 0.4) is 0 Å². The van der Waals surface area contributed by atoms with Crippen LogP contribution in [-0.4, -0.2) is 13.6 Å². The van der Waals surface area contributed by atoms with Crippen molar-refractivity contribution >= 4 is 0 Å². The molecule has 0 spiro atoms. The number of hydrazine groups is 1. The summed E-state index contributed by atoms with van der Waals surface area (Å²) in [5.74, 6) is 8.00. The van der Waals surface area contributed by atoms with Gasteiger partial charge in [-0.15, -0.1) is 0 Å². The molecule has 64 valence electrons. The van der Waals surface area contributed by atoms with Crippen LogP contribution in [0.1, 0.15) is 32.6 Å². The van der Waals surface area contributed by atoms with Crippen molar-refractivity contribution < 1.29 is 0 Å². The summed E-state index contributed by atoms with van der Waals surface area (Å²) in [7, 11) is 2.01. The molecule has 0 atom stereocenters. The highest BCUT2D eigenvalue weighted by Crippen LogP contribution is 1.96. The zero-order chi connectivity index (χ0) is 8.24. The van der Waals surface area contributed by atoms with Crippen molar-refractivity contribution in [2.24, 2.45) is 11.7 Å². The Hall–Kier alpha value is -0.120. The largest absolute Gasteiger partial charge is 0.320 e. The summed E-state index contributed by atoms with van der Waals surface area (Å²) in [6.45, 7) is 3.42. The third kappa shape index (κ3) is 15.7. The van der Waals surface area contributed by atoms with E-state index < -0.39 is 0 Å². The SMILES string of the molecule is CCCCCCNC.NN. The van der Waals surface area contributed by atoms with E-state index in [1.54, 1.807) is 0 Å². The number of unbranched alkanes of at least 4 members (excludes halogenated alkanes) is 3. The second-order valence-electron chi connectivity index (χ2n) is 2.16. The Morgan fingerprint density at radius 1 is 1.10 bits per heavy atom. The summed E-state index contributed by atoms with van der Waals surface area (Å²) in [4.78, 5) is 0. The first kappa shape index (κ1) is 12.5. The molecule has 0 fully saturated rings. The molecular formula is C7H21N3. The molecule has 0 aromatic carbocycles. The summed E-state index contributed by atoms with van der Waals surface area (Å²) < 4.78 is 0. The van der Waals surface area contributed by atoms with Crippen LogP contribution in [-0.2, 0) is 0 Å². The van der Waals surface area contributed by atoms with Crippen LogP contribution in [0.5, 0.6) is 0 Å². The van der Waals surface area contributed by atoms with Crippen LogP contribution in [0, 0.1) is 0 Å². The third-order valence-corrected chi connectivity index (χ3v) is 1.28. The van der Waals surface area contributed by atoms with E-state index in [1.165, 1.54) is 32.2 Å². The molecule has 0 aliphatic carbocycles. The van der Waals surface area contributed by atoms with Gasteiger partial charge in [0.25, 0.3) is 0 Å². The van der Waals surface area contributed by atoms with E-state index in [0.717, 1.165) is 0 Å². The minimum Gasteiger partial charge on any atom is -0.320 e. The van der Waals surface area contributed by atoms with Crippen molar-refractivity contribution in [1.29, 1.82) is 0 Å². The van der Waals surface area contributed by atoms with Crippen molar-refractivity contribution in [1.82, 2.24) is 5.32 Å². The predicted octanol–water partition coefficient (Wildman–Crippen LogP) is 0.605. The second-order valence-corrected chi connectivity index (χ2v) is 2.16. The van der Waals surface area contributed by atoms with Gasteiger partial charge in [0.1, 0.15) is 0 Å². The maximum atomic E-state index is 4.00. The van der Waals surface area contributed by atoms with E-state index in [4.69, 9.17) is 0 Å². The lowest BCUT2D eigenvalue weighted by Crippen LogP contribution is -2.06. The molecule has 0 saturated carbocycles. The minimum absolute atomic E-state index is 1.18. The van der Waals surface area contributed by atoms with Gasteiger partial charge in [0.15, 0.2) is 0 Å². The lowest BCUT2D eigenvalue weighted by Gasteiger charge is -1.95. The number of nitrogens with one attached hydrogen (secondary N) is 1. The number of hydrogen-bond acceptors (Lipinski definition) is 3. The Balaban J connectivity index is 0. The van der Waals surface area contributed by atoms with Gasteiger partial charge in [0.05, 0.1) is 0 Å². The predicted molar refractivity (Wildman–Crippen MR) is 46.4 cm³/mol. The highest BCUT2D eigenvalue weighted by Gasteiger charge is 1.82. The lowest BCUT2D eigenvalue weighted by molar-refractivity contribution is 0.634. The van der Waals surface area contributed by atoms with Gasteiger partial charge in [-0.1, -0.05) is 26.2 Å². The van der Waals surface area contributed by atoms with Gasteiger partial charge in [-0.25, -0.2) is 0 Å². The Labute approximate surface area is 64.1 Å². The Bertz CT molecular complexity index is 33.8. The highest BCUT2D eigenvalue weighted by atomic mass is 15.0. The maximum Gasteiger partial charge on any atom is -0.00519 e. The quantitative estimate of drug-likeness (QED) is 0.303. The van der Waals surface area contributed by atoms with Crippen LogP contribution in [0.15, 0.2) is 0 Å². The fourth-order valence-corrected chi connectivity index (χ4v) is 0.729. The topological polar surface area (TPSA) is 64.1 Å². The van der Waals surface area contributed by atoms with Gasteiger partial charge in [0, 0.05) is 0 Å². The molecule has 3 nitrogen and oxygen atoms in total. The van der Waals surface area contributed by atoms with Crippen LogP contribution in [0.2, 0.25) is 0 Å². The molecule has 10 heavy (non-hydrogen) atoms. The van der Waals surface area contributed by atoms with E-state index >= 15 is 0 Å². The van der Waals surface area contributed by atoms with E-state index in [2.05, 4.69) is 23.9 Å². The first-order valence-corrected chi connectivity index (χ1v) is 3.89. The third-order valence-electron chi connectivity index (χ3n) is 1.28. The monoisotopic (exact) mass is 147 g/mol. The fourth-order valence-electron chi connectivity index (χ4n) is 0.729. The first-order valence-electron chi connectivity index (χ1n) is 3.89. The molecular weight excluding hydrogens is 126 g/mol. The Kier molecular flexibility index (Phi) is 20.0.